The molecular formula is C19H26N8O. The summed E-state index contributed by atoms with van der Waals surface area (Å²) in [6.45, 7) is 5.26. The highest BCUT2D eigenvalue weighted by Crippen LogP contribution is 2.18. The Labute approximate surface area is 164 Å². The molecule has 0 bridgehead atoms. The van der Waals surface area contributed by atoms with Gasteiger partial charge in [-0.1, -0.05) is 0 Å². The molecule has 3 aromatic heterocycles. The Morgan fingerprint density at radius 1 is 1.32 bits per heavy atom. The first-order chi connectivity index (χ1) is 13.5. The number of hydrogen-bond donors (Lipinski definition) is 3. The summed E-state index contributed by atoms with van der Waals surface area (Å²) in [5.74, 6) is 1.43. The molecule has 0 aromatic carbocycles. The minimum absolute atomic E-state index is 0.307. The molecule has 3 aromatic rings. The van der Waals surface area contributed by atoms with Crippen LogP contribution in [0.15, 0.2) is 54.4 Å². The van der Waals surface area contributed by atoms with Crippen molar-refractivity contribution in [2.75, 3.05) is 13.1 Å². The first-order valence-electron chi connectivity index (χ1n) is 9.15. The summed E-state index contributed by atoms with van der Waals surface area (Å²) in [5.41, 5.74) is 0.711. The number of rotatable bonds is 7. The first kappa shape index (κ1) is 19.6. The zero-order valence-corrected chi connectivity index (χ0v) is 16.4. The van der Waals surface area contributed by atoms with Crippen LogP contribution in [-0.2, 0) is 19.2 Å². The number of hydrogen-bond acceptors (Lipinski definition) is 5. The number of nitrogens with zero attached hydrogens (tertiary/aromatic N) is 6. The molecule has 9 heteroatoms. The van der Waals surface area contributed by atoms with Gasteiger partial charge in [-0.2, -0.15) is 5.10 Å². The number of aryl methyl sites for hydroxylation is 1. The number of nitrogens with one attached hydrogen (secondary N) is 2. The summed E-state index contributed by atoms with van der Waals surface area (Å²) >= 11 is 0. The van der Waals surface area contributed by atoms with Gasteiger partial charge in [0.05, 0.1) is 19.3 Å². The lowest BCUT2D eigenvalue weighted by Crippen LogP contribution is -2.44. The van der Waals surface area contributed by atoms with Crippen LogP contribution in [0.2, 0.25) is 0 Å². The minimum atomic E-state index is -1.06. The Morgan fingerprint density at radius 2 is 2.18 bits per heavy atom. The normalized spacial score (nSPS) is 13.9. The van der Waals surface area contributed by atoms with Gasteiger partial charge in [-0.3, -0.25) is 9.25 Å². The number of guanidine groups is 1. The smallest absolute Gasteiger partial charge is 0.191 e. The van der Waals surface area contributed by atoms with Crippen LogP contribution >= 0.6 is 0 Å². The number of pyridine rings is 1. The Morgan fingerprint density at radius 3 is 2.86 bits per heavy atom. The van der Waals surface area contributed by atoms with E-state index in [2.05, 4.69) is 30.7 Å². The van der Waals surface area contributed by atoms with E-state index in [1.165, 1.54) is 0 Å². The highest BCUT2D eigenvalue weighted by atomic mass is 16.3. The molecule has 0 aliphatic heterocycles. The van der Waals surface area contributed by atoms with Crippen LogP contribution < -0.4 is 10.6 Å². The maximum absolute atomic E-state index is 10.7. The summed E-state index contributed by atoms with van der Waals surface area (Å²) in [6.07, 6.45) is 10.5. The number of aliphatic hydroxyl groups is 1. The van der Waals surface area contributed by atoms with Crippen LogP contribution in [-0.4, -0.2) is 48.5 Å². The van der Waals surface area contributed by atoms with E-state index in [4.69, 9.17) is 0 Å². The maximum Gasteiger partial charge on any atom is 0.191 e. The summed E-state index contributed by atoms with van der Waals surface area (Å²) in [6, 6.07) is 3.90. The molecule has 0 aliphatic carbocycles. The monoisotopic (exact) mass is 382 g/mol. The highest BCUT2D eigenvalue weighted by Gasteiger charge is 2.24. The molecular weight excluding hydrogens is 356 g/mol. The summed E-state index contributed by atoms with van der Waals surface area (Å²) < 4.78 is 3.52. The van der Waals surface area contributed by atoms with Crippen LogP contribution in [0, 0.1) is 0 Å². The van der Waals surface area contributed by atoms with Crippen LogP contribution in [0.4, 0.5) is 0 Å². The van der Waals surface area contributed by atoms with Gasteiger partial charge in [-0.25, -0.2) is 15.0 Å². The van der Waals surface area contributed by atoms with Gasteiger partial charge < -0.3 is 15.7 Å². The fourth-order valence-corrected chi connectivity index (χ4v) is 2.66. The van der Waals surface area contributed by atoms with E-state index in [-0.39, 0.29) is 0 Å². The molecule has 3 rings (SSSR count). The maximum atomic E-state index is 10.7. The Hall–Kier alpha value is -3.20. The van der Waals surface area contributed by atoms with Crippen molar-refractivity contribution >= 4 is 5.96 Å². The number of imidazole rings is 1. The molecule has 0 radical (unpaired) electrons. The fraction of sp³-hybridized carbons (Fsp3) is 0.368. The standard InChI is InChI=1S/C19H26N8O/c1-4-21-18(24-13-19(2,28)16-11-25-26(3)12-16)23-10-15-5-6-22-17(9-15)27-8-7-20-14-27/h5-9,11-12,14,28H,4,10,13H2,1-3H3,(H2,21,23,24). The number of aromatic nitrogens is 5. The topological polar surface area (TPSA) is 105 Å². The second-order valence-corrected chi connectivity index (χ2v) is 6.72. The second-order valence-electron chi connectivity index (χ2n) is 6.72. The van der Waals surface area contributed by atoms with Gasteiger partial charge in [0, 0.05) is 43.9 Å². The van der Waals surface area contributed by atoms with E-state index >= 15 is 0 Å². The zero-order chi connectivity index (χ0) is 20.0. The molecule has 0 aliphatic rings. The van der Waals surface area contributed by atoms with E-state index in [1.54, 1.807) is 42.7 Å². The molecule has 0 spiro atoms. The first-order valence-corrected chi connectivity index (χ1v) is 9.15. The van der Waals surface area contributed by atoms with Crippen molar-refractivity contribution in [3.8, 4) is 5.82 Å². The Kier molecular flexibility index (Phi) is 6.05. The van der Waals surface area contributed by atoms with Gasteiger partial charge in [-0.05, 0) is 31.5 Å². The van der Waals surface area contributed by atoms with Gasteiger partial charge in [-0.15, -0.1) is 0 Å². The molecule has 0 saturated heterocycles. The molecule has 3 heterocycles. The Balaban J connectivity index is 1.67. The van der Waals surface area contributed by atoms with E-state index in [0.29, 0.717) is 19.0 Å². The summed E-state index contributed by atoms with van der Waals surface area (Å²) in [5, 5.41) is 21.3. The van der Waals surface area contributed by atoms with Crippen LogP contribution in [0.25, 0.3) is 5.82 Å². The lowest BCUT2D eigenvalue weighted by Gasteiger charge is -2.23. The zero-order valence-electron chi connectivity index (χ0n) is 16.4. The average molecular weight is 382 g/mol. The van der Waals surface area contributed by atoms with E-state index in [9.17, 15) is 5.11 Å². The summed E-state index contributed by atoms with van der Waals surface area (Å²) in [4.78, 5) is 13.0. The molecule has 9 nitrogen and oxygen atoms in total. The van der Waals surface area contributed by atoms with Crippen LogP contribution in [0.3, 0.4) is 0 Å². The van der Waals surface area contributed by atoms with Crippen molar-refractivity contribution in [1.82, 2.24) is 34.9 Å². The molecule has 28 heavy (non-hydrogen) atoms. The van der Waals surface area contributed by atoms with Gasteiger partial charge in [0.1, 0.15) is 17.7 Å². The molecule has 1 unspecified atom stereocenters. The van der Waals surface area contributed by atoms with Crippen molar-refractivity contribution in [2.45, 2.75) is 26.0 Å². The van der Waals surface area contributed by atoms with Gasteiger partial charge in [0.2, 0.25) is 0 Å². The van der Waals surface area contributed by atoms with Crippen LogP contribution in [0.5, 0.6) is 0 Å². The largest absolute Gasteiger partial charge is 0.383 e. The van der Waals surface area contributed by atoms with Gasteiger partial charge in [0.15, 0.2) is 5.96 Å². The highest BCUT2D eigenvalue weighted by molar-refractivity contribution is 5.79. The van der Waals surface area contributed by atoms with Crippen molar-refractivity contribution < 1.29 is 5.11 Å². The molecule has 0 fully saturated rings. The lowest BCUT2D eigenvalue weighted by atomic mass is 10.00. The quantitative estimate of drug-likeness (QED) is 0.415. The van der Waals surface area contributed by atoms with Gasteiger partial charge in [0.25, 0.3) is 0 Å². The minimum Gasteiger partial charge on any atom is -0.383 e. The molecule has 3 N–H and O–H groups in total. The van der Waals surface area contributed by atoms with Gasteiger partial charge >= 0.3 is 0 Å². The van der Waals surface area contributed by atoms with E-state index in [1.807, 2.05) is 36.9 Å². The van der Waals surface area contributed by atoms with E-state index < -0.39 is 5.60 Å². The third kappa shape index (κ3) is 4.95. The third-order valence-electron chi connectivity index (χ3n) is 4.27. The van der Waals surface area contributed by atoms with Crippen LogP contribution in [0.1, 0.15) is 25.0 Å². The van der Waals surface area contributed by atoms with Crippen molar-refractivity contribution in [3.63, 3.8) is 0 Å². The van der Waals surface area contributed by atoms with Crippen molar-refractivity contribution in [2.24, 2.45) is 12.0 Å². The molecule has 0 amide bonds. The Bertz CT molecular complexity index is 914. The van der Waals surface area contributed by atoms with E-state index in [0.717, 1.165) is 23.5 Å². The third-order valence-corrected chi connectivity index (χ3v) is 4.27. The second kappa shape index (κ2) is 8.66. The fourth-order valence-electron chi connectivity index (χ4n) is 2.66. The summed E-state index contributed by atoms with van der Waals surface area (Å²) in [7, 11) is 1.82. The lowest BCUT2D eigenvalue weighted by molar-refractivity contribution is 0.0616. The molecule has 0 saturated carbocycles. The number of aliphatic imine (C=N–C) groups is 1. The SMILES string of the molecule is CCNC(=NCc1ccnc(-n2ccnc2)c1)NCC(C)(O)c1cnn(C)c1. The predicted molar refractivity (Wildman–Crippen MR) is 107 cm³/mol. The molecule has 1 atom stereocenters. The average Bonchev–Trinajstić information content (AvgIpc) is 3.36. The van der Waals surface area contributed by atoms with Crippen molar-refractivity contribution in [3.05, 3.63) is 60.6 Å². The molecule has 148 valence electrons. The predicted octanol–water partition coefficient (Wildman–Crippen LogP) is 0.964. The van der Waals surface area contributed by atoms with Crippen molar-refractivity contribution in [1.29, 1.82) is 0 Å².